The smallest absolute Gasteiger partial charge is 0.0450 e. The summed E-state index contributed by atoms with van der Waals surface area (Å²) in [7, 11) is 2.13. The third-order valence-corrected chi connectivity index (χ3v) is 3.44. The van der Waals surface area contributed by atoms with E-state index in [4.69, 9.17) is 5.73 Å². The van der Waals surface area contributed by atoms with E-state index in [0.29, 0.717) is 12.1 Å². The molecule has 0 aromatic heterocycles. The molecule has 2 heteroatoms. The van der Waals surface area contributed by atoms with Crippen molar-refractivity contribution in [1.29, 1.82) is 0 Å². The first-order chi connectivity index (χ1) is 7.43. The molecule has 2 atom stereocenters. The molecule has 16 heavy (non-hydrogen) atoms. The number of hydrogen-bond donors (Lipinski definition) is 1. The van der Waals surface area contributed by atoms with Gasteiger partial charge in [-0.2, -0.15) is 0 Å². The molecule has 0 fully saturated rings. The second kappa shape index (κ2) is 5.46. The van der Waals surface area contributed by atoms with Crippen LogP contribution in [0, 0.1) is 6.92 Å². The molecule has 2 unspecified atom stereocenters. The molecule has 2 nitrogen and oxygen atoms in total. The van der Waals surface area contributed by atoms with Crippen LogP contribution in [0.15, 0.2) is 24.3 Å². The third kappa shape index (κ3) is 3.06. The minimum Gasteiger partial charge on any atom is -0.323 e. The Morgan fingerprint density at radius 1 is 1.06 bits per heavy atom. The predicted octanol–water partition coefficient (Wildman–Crippen LogP) is 2.72. The number of nitrogens with zero attached hydrogens (tertiary/aromatic N) is 1. The highest BCUT2D eigenvalue weighted by molar-refractivity contribution is 5.24. The van der Waals surface area contributed by atoms with Gasteiger partial charge in [-0.05, 0) is 40.3 Å². The van der Waals surface area contributed by atoms with Gasteiger partial charge in [0.15, 0.2) is 0 Å². The molecule has 0 aliphatic carbocycles. The molecule has 0 radical (unpaired) electrons. The lowest BCUT2D eigenvalue weighted by Gasteiger charge is -2.33. The third-order valence-electron chi connectivity index (χ3n) is 3.44. The molecule has 2 N–H and O–H groups in total. The summed E-state index contributed by atoms with van der Waals surface area (Å²) in [6.45, 7) is 8.67. The van der Waals surface area contributed by atoms with E-state index in [2.05, 4.69) is 63.9 Å². The molecule has 0 saturated heterocycles. The van der Waals surface area contributed by atoms with Gasteiger partial charge in [0.25, 0.3) is 0 Å². The van der Waals surface area contributed by atoms with E-state index in [0.717, 1.165) is 0 Å². The van der Waals surface area contributed by atoms with Gasteiger partial charge in [0.2, 0.25) is 0 Å². The molecule has 0 bridgehead atoms. The van der Waals surface area contributed by atoms with Crippen LogP contribution in [-0.2, 0) is 0 Å². The van der Waals surface area contributed by atoms with Crippen molar-refractivity contribution < 1.29 is 0 Å². The highest BCUT2D eigenvalue weighted by Crippen LogP contribution is 2.19. The molecule has 0 heterocycles. The zero-order valence-corrected chi connectivity index (χ0v) is 11.1. The van der Waals surface area contributed by atoms with Crippen LogP contribution in [0.3, 0.4) is 0 Å². The van der Waals surface area contributed by atoms with E-state index < -0.39 is 0 Å². The van der Waals surface area contributed by atoms with Gasteiger partial charge in [0, 0.05) is 18.1 Å². The van der Waals surface area contributed by atoms with Gasteiger partial charge in [-0.15, -0.1) is 0 Å². The second-order valence-corrected chi connectivity index (χ2v) is 4.94. The highest BCUT2D eigenvalue weighted by atomic mass is 15.2. The molecule has 90 valence electrons. The summed E-state index contributed by atoms with van der Waals surface area (Å²) in [5.41, 5.74) is 8.78. The van der Waals surface area contributed by atoms with E-state index in [1.54, 1.807) is 0 Å². The summed E-state index contributed by atoms with van der Waals surface area (Å²) < 4.78 is 0. The lowest BCUT2D eigenvalue weighted by molar-refractivity contribution is 0.183. The predicted molar refractivity (Wildman–Crippen MR) is 70.5 cm³/mol. The van der Waals surface area contributed by atoms with Crippen molar-refractivity contribution in [1.82, 2.24) is 4.90 Å². The number of benzene rings is 1. The van der Waals surface area contributed by atoms with Crippen molar-refractivity contribution in [3.8, 4) is 0 Å². The topological polar surface area (TPSA) is 29.3 Å². The maximum Gasteiger partial charge on any atom is 0.0450 e. The highest BCUT2D eigenvalue weighted by Gasteiger charge is 2.20. The molecule has 1 aromatic carbocycles. The zero-order valence-electron chi connectivity index (χ0n) is 11.1. The summed E-state index contributed by atoms with van der Waals surface area (Å²) in [6, 6.07) is 9.45. The standard InChI is InChI=1S/C14H24N2/c1-10(2)16(5)12(4)14(15)13-8-6-11(3)7-9-13/h6-10,12,14H,15H2,1-5H3. The summed E-state index contributed by atoms with van der Waals surface area (Å²) in [6.07, 6.45) is 0. The van der Waals surface area contributed by atoms with Gasteiger partial charge in [-0.3, -0.25) is 4.90 Å². The first-order valence-electron chi connectivity index (χ1n) is 5.97. The van der Waals surface area contributed by atoms with E-state index >= 15 is 0 Å². The number of rotatable bonds is 4. The lowest BCUT2D eigenvalue weighted by Crippen LogP contribution is -2.42. The fourth-order valence-corrected chi connectivity index (χ4v) is 1.79. The SMILES string of the molecule is Cc1ccc(C(N)C(C)N(C)C(C)C)cc1. The van der Waals surface area contributed by atoms with Crippen molar-refractivity contribution in [3.05, 3.63) is 35.4 Å². The van der Waals surface area contributed by atoms with Crippen molar-refractivity contribution in [2.24, 2.45) is 5.73 Å². The largest absolute Gasteiger partial charge is 0.323 e. The molecule has 1 aromatic rings. The number of nitrogens with two attached hydrogens (primary N) is 1. The monoisotopic (exact) mass is 220 g/mol. The van der Waals surface area contributed by atoms with Crippen molar-refractivity contribution in [3.63, 3.8) is 0 Å². The number of aryl methyl sites for hydroxylation is 1. The van der Waals surface area contributed by atoms with Crippen molar-refractivity contribution in [2.45, 2.75) is 45.8 Å². The van der Waals surface area contributed by atoms with Crippen LogP contribution in [0.25, 0.3) is 0 Å². The van der Waals surface area contributed by atoms with Crippen LogP contribution in [0.5, 0.6) is 0 Å². The first kappa shape index (κ1) is 13.2. The van der Waals surface area contributed by atoms with Gasteiger partial charge in [-0.25, -0.2) is 0 Å². The fraction of sp³-hybridized carbons (Fsp3) is 0.571. The van der Waals surface area contributed by atoms with E-state index in [-0.39, 0.29) is 6.04 Å². The van der Waals surface area contributed by atoms with E-state index in [1.165, 1.54) is 11.1 Å². The van der Waals surface area contributed by atoms with E-state index in [1.807, 2.05) is 0 Å². The summed E-state index contributed by atoms with van der Waals surface area (Å²) in [4.78, 5) is 2.31. The molecule has 0 spiro atoms. The van der Waals surface area contributed by atoms with Crippen LogP contribution in [0.1, 0.15) is 37.9 Å². The Bertz CT molecular complexity index is 316. The molecule has 1 rings (SSSR count). The number of likely N-dealkylation sites (N-methyl/N-ethyl adjacent to an activating group) is 1. The second-order valence-electron chi connectivity index (χ2n) is 4.94. The van der Waals surface area contributed by atoms with Crippen LogP contribution >= 0.6 is 0 Å². The van der Waals surface area contributed by atoms with Crippen LogP contribution in [-0.4, -0.2) is 24.0 Å². The minimum atomic E-state index is 0.0769. The maximum atomic E-state index is 6.29. The molecular formula is C14H24N2. The average molecular weight is 220 g/mol. The molecule has 0 saturated carbocycles. The molecule has 0 amide bonds. The Hall–Kier alpha value is -0.860. The van der Waals surface area contributed by atoms with Gasteiger partial charge in [0.1, 0.15) is 0 Å². The van der Waals surface area contributed by atoms with Gasteiger partial charge >= 0.3 is 0 Å². The molecule has 0 aliphatic heterocycles. The van der Waals surface area contributed by atoms with Gasteiger partial charge in [0.05, 0.1) is 0 Å². The summed E-state index contributed by atoms with van der Waals surface area (Å²) >= 11 is 0. The average Bonchev–Trinajstić information content (AvgIpc) is 2.27. The Morgan fingerprint density at radius 2 is 1.56 bits per heavy atom. The van der Waals surface area contributed by atoms with Gasteiger partial charge < -0.3 is 5.73 Å². The van der Waals surface area contributed by atoms with Crippen LogP contribution in [0.2, 0.25) is 0 Å². The van der Waals surface area contributed by atoms with Crippen LogP contribution < -0.4 is 5.73 Å². The van der Waals surface area contributed by atoms with Crippen molar-refractivity contribution >= 4 is 0 Å². The Morgan fingerprint density at radius 3 is 2.00 bits per heavy atom. The Kier molecular flexibility index (Phi) is 4.51. The first-order valence-corrected chi connectivity index (χ1v) is 5.97. The molecular weight excluding hydrogens is 196 g/mol. The van der Waals surface area contributed by atoms with Crippen LogP contribution in [0.4, 0.5) is 0 Å². The Balaban J connectivity index is 2.77. The fourth-order valence-electron chi connectivity index (χ4n) is 1.79. The summed E-state index contributed by atoms with van der Waals surface area (Å²) in [5, 5.41) is 0. The van der Waals surface area contributed by atoms with E-state index in [9.17, 15) is 0 Å². The zero-order chi connectivity index (χ0) is 12.3. The maximum absolute atomic E-state index is 6.29. The quantitative estimate of drug-likeness (QED) is 0.845. The lowest BCUT2D eigenvalue weighted by atomic mass is 9.99. The normalized spacial score (nSPS) is 15.5. The Labute approximate surface area is 99.5 Å². The summed E-state index contributed by atoms with van der Waals surface area (Å²) in [5.74, 6) is 0. The van der Waals surface area contributed by atoms with Gasteiger partial charge in [-0.1, -0.05) is 29.8 Å². The minimum absolute atomic E-state index is 0.0769. The molecule has 0 aliphatic rings. The number of hydrogen-bond acceptors (Lipinski definition) is 2. The van der Waals surface area contributed by atoms with Crippen molar-refractivity contribution in [2.75, 3.05) is 7.05 Å².